The van der Waals surface area contributed by atoms with Crippen molar-refractivity contribution in [1.82, 2.24) is 4.90 Å². The number of ether oxygens (including phenoxy) is 1. The molecule has 5 heteroatoms. The van der Waals surface area contributed by atoms with Crippen molar-refractivity contribution in [1.29, 1.82) is 0 Å². The molecule has 1 aliphatic heterocycles. The van der Waals surface area contributed by atoms with Gasteiger partial charge in [0.25, 0.3) is 5.91 Å². The van der Waals surface area contributed by atoms with E-state index < -0.39 is 0 Å². The van der Waals surface area contributed by atoms with Gasteiger partial charge in [0.2, 0.25) is 0 Å². The Kier molecular flexibility index (Phi) is 7.06. The fourth-order valence-electron chi connectivity index (χ4n) is 3.43. The first-order chi connectivity index (χ1) is 12.1. The average molecular weight is 375 g/mol. The van der Waals surface area contributed by atoms with E-state index in [0.717, 1.165) is 5.75 Å². The molecule has 0 aliphatic carbocycles. The standard InChI is InChI=1S/C21H26N2O2.ClH/c1-15-8-9-19(10-16(15)2)25-14-21(24)23-12-18(11-22)20(13-23)17-6-4-3-5-7-17;/h3-10,18,20H,11-14,22H2,1-2H3;1H/t18-,20+;/m1./s1. The molecule has 0 bridgehead atoms. The molecule has 4 nitrogen and oxygen atoms in total. The zero-order valence-corrected chi connectivity index (χ0v) is 16.2. The molecule has 1 saturated heterocycles. The Labute approximate surface area is 161 Å². The van der Waals surface area contributed by atoms with Crippen LogP contribution in [0.4, 0.5) is 0 Å². The molecular weight excluding hydrogens is 348 g/mol. The van der Waals surface area contributed by atoms with Crippen LogP contribution in [0.5, 0.6) is 5.75 Å². The summed E-state index contributed by atoms with van der Waals surface area (Å²) in [4.78, 5) is 14.5. The van der Waals surface area contributed by atoms with E-state index in [4.69, 9.17) is 10.5 Å². The van der Waals surface area contributed by atoms with E-state index in [0.29, 0.717) is 31.5 Å². The molecule has 0 aromatic heterocycles. The minimum Gasteiger partial charge on any atom is -0.484 e. The van der Waals surface area contributed by atoms with E-state index in [-0.39, 0.29) is 24.9 Å². The topological polar surface area (TPSA) is 55.6 Å². The van der Waals surface area contributed by atoms with Crippen molar-refractivity contribution < 1.29 is 9.53 Å². The van der Waals surface area contributed by atoms with Crippen molar-refractivity contribution >= 4 is 18.3 Å². The van der Waals surface area contributed by atoms with E-state index in [1.807, 2.05) is 48.2 Å². The predicted octanol–water partition coefficient (Wildman–Crippen LogP) is 3.30. The molecule has 2 atom stereocenters. The largest absolute Gasteiger partial charge is 0.484 e. The van der Waals surface area contributed by atoms with Gasteiger partial charge in [-0.3, -0.25) is 4.79 Å². The highest BCUT2D eigenvalue weighted by Gasteiger charge is 2.35. The van der Waals surface area contributed by atoms with Gasteiger partial charge in [-0.15, -0.1) is 12.4 Å². The molecule has 0 unspecified atom stereocenters. The zero-order chi connectivity index (χ0) is 17.8. The summed E-state index contributed by atoms with van der Waals surface area (Å²) >= 11 is 0. The number of aryl methyl sites for hydroxylation is 2. The molecular formula is C21H27ClN2O2. The summed E-state index contributed by atoms with van der Waals surface area (Å²) < 4.78 is 5.70. The van der Waals surface area contributed by atoms with Gasteiger partial charge in [0.05, 0.1) is 0 Å². The maximum Gasteiger partial charge on any atom is 0.260 e. The SMILES string of the molecule is Cc1ccc(OCC(=O)N2C[C@@H](CN)[C@H](c3ccccc3)C2)cc1C.Cl. The van der Waals surface area contributed by atoms with Crippen LogP contribution in [0.1, 0.15) is 22.6 Å². The molecule has 2 N–H and O–H groups in total. The smallest absolute Gasteiger partial charge is 0.260 e. The average Bonchev–Trinajstić information content (AvgIpc) is 3.08. The number of benzene rings is 2. The van der Waals surface area contributed by atoms with Crippen molar-refractivity contribution in [2.75, 3.05) is 26.2 Å². The van der Waals surface area contributed by atoms with Crippen molar-refractivity contribution in [3.05, 3.63) is 65.2 Å². The molecule has 2 aromatic rings. The van der Waals surface area contributed by atoms with E-state index in [1.54, 1.807) is 0 Å². The normalized spacial score (nSPS) is 19.1. The number of carbonyl (C=O) groups is 1. The summed E-state index contributed by atoms with van der Waals surface area (Å²) in [6.07, 6.45) is 0. The highest BCUT2D eigenvalue weighted by atomic mass is 35.5. The summed E-state index contributed by atoms with van der Waals surface area (Å²) in [6, 6.07) is 16.2. The van der Waals surface area contributed by atoms with Crippen LogP contribution in [0, 0.1) is 19.8 Å². The van der Waals surface area contributed by atoms with Gasteiger partial charge in [0, 0.05) is 19.0 Å². The third-order valence-electron chi connectivity index (χ3n) is 5.16. The van der Waals surface area contributed by atoms with Crippen LogP contribution in [0.2, 0.25) is 0 Å². The Hall–Kier alpha value is -2.04. The Bertz CT molecular complexity index is 736. The van der Waals surface area contributed by atoms with Crippen LogP contribution < -0.4 is 10.5 Å². The summed E-state index contributed by atoms with van der Waals surface area (Å²) in [5.41, 5.74) is 9.59. The zero-order valence-electron chi connectivity index (χ0n) is 15.4. The van der Waals surface area contributed by atoms with Gasteiger partial charge in [0.15, 0.2) is 6.61 Å². The molecule has 3 rings (SSSR count). The van der Waals surface area contributed by atoms with E-state index in [1.165, 1.54) is 16.7 Å². The molecule has 0 radical (unpaired) electrons. The second-order valence-corrected chi connectivity index (χ2v) is 6.85. The fraction of sp³-hybridized carbons (Fsp3) is 0.381. The molecule has 1 fully saturated rings. The molecule has 26 heavy (non-hydrogen) atoms. The Balaban J connectivity index is 0.00000243. The maximum absolute atomic E-state index is 12.6. The molecule has 2 aromatic carbocycles. The van der Waals surface area contributed by atoms with E-state index in [9.17, 15) is 4.79 Å². The summed E-state index contributed by atoms with van der Waals surface area (Å²) in [5, 5.41) is 0. The Morgan fingerprint density at radius 3 is 2.50 bits per heavy atom. The predicted molar refractivity (Wildman–Crippen MR) is 107 cm³/mol. The number of nitrogens with two attached hydrogens (primary N) is 1. The van der Waals surface area contributed by atoms with Crippen LogP contribution in [-0.4, -0.2) is 37.0 Å². The number of rotatable bonds is 5. The van der Waals surface area contributed by atoms with Gasteiger partial charge < -0.3 is 15.4 Å². The molecule has 1 aliphatic rings. The van der Waals surface area contributed by atoms with Crippen LogP contribution in [0.15, 0.2) is 48.5 Å². The van der Waals surface area contributed by atoms with Crippen molar-refractivity contribution in [3.8, 4) is 5.75 Å². The second-order valence-electron chi connectivity index (χ2n) is 6.85. The maximum atomic E-state index is 12.6. The molecule has 1 heterocycles. The highest BCUT2D eigenvalue weighted by Crippen LogP contribution is 2.32. The van der Waals surface area contributed by atoms with E-state index in [2.05, 4.69) is 19.1 Å². The van der Waals surface area contributed by atoms with Crippen LogP contribution in [0.3, 0.4) is 0 Å². The number of likely N-dealkylation sites (tertiary alicyclic amines) is 1. The van der Waals surface area contributed by atoms with Gasteiger partial charge in [-0.1, -0.05) is 36.4 Å². The monoisotopic (exact) mass is 374 g/mol. The summed E-state index contributed by atoms with van der Waals surface area (Å²) in [5.74, 6) is 1.37. The lowest BCUT2D eigenvalue weighted by atomic mass is 9.89. The van der Waals surface area contributed by atoms with Crippen molar-refractivity contribution in [2.45, 2.75) is 19.8 Å². The number of hydrogen-bond acceptors (Lipinski definition) is 3. The molecule has 140 valence electrons. The van der Waals surface area contributed by atoms with Crippen LogP contribution in [-0.2, 0) is 4.79 Å². The molecule has 1 amide bonds. The Morgan fingerprint density at radius 1 is 1.12 bits per heavy atom. The van der Waals surface area contributed by atoms with Crippen molar-refractivity contribution in [3.63, 3.8) is 0 Å². The third-order valence-corrected chi connectivity index (χ3v) is 5.16. The first-order valence-electron chi connectivity index (χ1n) is 8.81. The van der Waals surface area contributed by atoms with E-state index >= 15 is 0 Å². The van der Waals surface area contributed by atoms with Gasteiger partial charge >= 0.3 is 0 Å². The number of hydrogen-bond donors (Lipinski definition) is 1. The summed E-state index contributed by atoms with van der Waals surface area (Å²) in [6.45, 7) is 6.17. The number of halogens is 1. The quantitative estimate of drug-likeness (QED) is 0.873. The Morgan fingerprint density at radius 2 is 1.85 bits per heavy atom. The molecule has 0 spiro atoms. The summed E-state index contributed by atoms with van der Waals surface area (Å²) in [7, 11) is 0. The molecule has 0 saturated carbocycles. The van der Waals surface area contributed by atoms with Crippen LogP contribution in [0.25, 0.3) is 0 Å². The lowest BCUT2D eigenvalue weighted by molar-refractivity contribution is -0.132. The number of amides is 1. The highest BCUT2D eigenvalue weighted by molar-refractivity contribution is 5.85. The first-order valence-corrected chi connectivity index (χ1v) is 8.81. The van der Waals surface area contributed by atoms with Gasteiger partial charge in [-0.2, -0.15) is 0 Å². The van der Waals surface area contributed by atoms with Gasteiger partial charge in [0.1, 0.15) is 5.75 Å². The van der Waals surface area contributed by atoms with Gasteiger partial charge in [-0.05, 0) is 55.1 Å². The first kappa shape index (κ1) is 20.3. The second kappa shape index (κ2) is 9.06. The van der Waals surface area contributed by atoms with Crippen LogP contribution >= 0.6 is 12.4 Å². The fourth-order valence-corrected chi connectivity index (χ4v) is 3.43. The van der Waals surface area contributed by atoms with Gasteiger partial charge in [-0.25, -0.2) is 0 Å². The van der Waals surface area contributed by atoms with Crippen molar-refractivity contribution in [2.24, 2.45) is 11.7 Å². The minimum absolute atomic E-state index is 0. The lowest BCUT2D eigenvalue weighted by Crippen LogP contribution is -2.33. The third kappa shape index (κ3) is 4.57. The number of nitrogens with zero attached hydrogens (tertiary/aromatic N) is 1. The minimum atomic E-state index is 0. The number of carbonyl (C=O) groups excluding carboxylic acids is 1. The lowest BCUT2D eigenvalue weighted by Gasteiger charge is -2.17.